The number of nitrogens with one attached hydrogen (secondary N) is 1. The van der Waals surface area contributed by atoms with E-state index in [0.717, 1.165) is 37.7 Å². The van der Waals surface area contributed by atoms with Gasteiger partial charge < -0.3 is 5.32 Å². The minimum Gasteiger partial charge on any atom is -0.322 e. The second-order valence-electron chi connectivity index (χ2n) is 6.58. The summed E-state index contributed by atoms with van der Waals surface area (Å²) in [4.78, 5) is 16.9. The Morgan fingerprint density at radius 2 is 1.77 bits per heavy atom. The van der Waals surface area contributed by atoms with Crippen LogP contribution in [0.1, 0.15) is 12.5 Å². The van der Waals surface area contributed by atoms with Crippen LogP contribution >= 0.6 is 11.6 Å². The second-order valence-corrected chi connectivity index (χ2v) is 7.02. The van der Waals surface area contributed by atoms with Crippen LogP contribution in [0.15, 0.2) is 48.5 Å². The highest BCUT2D eigenvalue weighted by molar-refractivity contribution is 6.30. The summed E-state index contributed by atoms with van der Waals surface area (Å²) in [5, 5.41) is 3.43. The fraction of sp³-hybridized carbons (Fsp3) is 0.350. The average Bonchev–Trinajstić information content (AvgIpc) is 2.65. The summed E-state index contributed by atoms with van der Waals surface area (Å²) in [6, 6.07) is 13.8. The van der Waals surface area contributed by atoms with E-state index in [-0.39, 0.29) is 17.6 Å². The maximum absolute atomic E-state index is 13.7. The molecule has 2 aromatic carbocycles. The summed E-state index contributed by atoms with van der Waals surface area (Å²) < 4.78 is 13.7. The van der Waals surface area contributed by atoms with Crippen LogP contribution in [-0.2, 0) is 11.3 Å². The standard InChI is InChI=1S/C20H23ClFN3O/c1-15(20(26)23-19-5-3-2-4-18(19)22)25-12-10-24(11-13-25)14-16-6-8-17(21)9-7-16/h2-9,15H,10-14H2,1H3,(H,23,26)/t15-/m1/s1. The first-order chi connectivity index (χ1) is 12.5. The summed E-state index contributed by atoms with van der Waals surface area (Å²) in [5.41, 5.74) is 1.46. The molecule has 6 heteroatoms. The predicted molar refractivity (Wildman–Crippen MR) is 103 cm³/mol. The fourth-order valence-electron chi connectivity index (χ4n) is 3.12. The zero-order chi connectivity index (χ0) is 18.5. The molecule has 1 fully saturated rings. The molecule has 0 unspecified atom stereocenters. The summed E-state index contributed by atoms with van der Waals surface area (Å²) in [7, 11) is 0. The van der Waals surface area contributed by atoms with Crippen LogP contribution in [0.25, 0.3) is 0 Å². The smallest absolute Gasteiger partial charge is 0.241 e. The van der Waals surface area contributed by atoms with Gasteiger partial charge in [-0.25, -0.2) is 4.39 Å². The molecule has 2 aromatic rings. The maximum atomic E-state index is 13.7. The Balaban J connectivity index is 1.50. The van der Waals surface area contributed by atoms with Crippen LogP contribution in [0.4, 0.5) is 10.1 Å². The first-order valence-electron chi connectivity index (χ1n) is 8.79. The molecule has 1 N–H and O–H groups in total. The fourth-order valence-corrected chi connectivity index (χ4v) is 3.25. The van der Waals surface area contributed by atoms with Crippen molar-refractivity contribution >= 4 is 23.2 Å². The molecule has 0 aliphatic carbocycles. The number of hydrogen-bond donors (Lipinski definition) is 1. The molecule has 0 radical (unpaired) electrons. The summed E-state index contributed by atoms with van der Waals surface area (Å²) in [5.74, 6) is -0.595. The molecule has 1 saturated heterocycles. The first kappa shape index (κ1) is 18.8. The highest BCUT2D eigenvalue weighted by atomic mass is 35.5. The van der Waals surface area contributed by atoms with Crippen LogP contribution in [0.2, 0.25) is 5.02 Å². The lowest BCUT2D eigenvalue weighted by Crippen LogP contribution is -2.52. The van der Waals surface area contributed by atoms with Crippen LogP contribution in [0.5, 0.6) is 0 Å². The van der Waals surface area contributed by atoms with Gasteiger partial charge in [0.25, 0.3) is 0 Å². The van der Waals surface area contributed by atoms with Gasteiger partial charge in [-0.3, -0.25) is 14.6 Å². The second kappa shape index (κ2) is 8.62. The van der Waals surface area contributed by atoms with Gasteiger partial charge in [-0.1, -0.05) is 35.9 Å². The Labute approximate surface area is 158 Å². The van der Waals surface area contributed by atoms with Gasteiger partial charge >= 0.3 is 0 Å². The Bertz CT molecular complexity index is 745. The third-order valence-corrected chi connectivity index (χ3v) is 5.04. The summed E-state index contributed by atoms with van der Waals surface area (Å²) >= 11 is 5.92. The predicted octanol–water partition coefficient (Wildman–Crippen LogP) is 3.62. The lowest BCUT2D eigenvalue weighted by atomic mass is 10.1. The Morgan fingerprint density at radius 1 is 1.12 bits per heavy atom. The molecule has 26 heavy (non-hydrogen) atoms. The van der Waals surface area contributed by atoms with E-state index < -0.39 is 5.82 Å². The lowest BCUT2D eigenvalue weighted by Gasteiger charge is -2.37. The molecule has 1 heterocycles. The van der Waals surface area contributed by atoms with Gasteiger partial charge in [0.2, 0.25) is 5.91 Å². The van der Waals surface area contributed by atoms with Crippen molar-refractivity contribution < 1.29 is 9.18 Å². The van der Waals surface area contributed by atoms with E-state index in [4.69, 9.17) is 11.6 Å². The van der Waals surface area contributed by atoms with Crippen molar-refractivity contribution in [1.82, 2.24) is 9.80 Å². The number of piperazine rings is 1. The molecule has 0 aromatic heterocycles. The lowest BCUT2D eigenvalue weighted by molar-refractivity contribution is -0.121. The summed E-state index contributed by atoms with van der Waals surface area (Å²) in [6.45, 7) is 6.13. The van der Waals surface area contributed by atoms with Crippen molar-refractivity contribution in [2.24, 2.45) is 0 Å². The normalized spacial score (nSPS) is 17.0. The van der Waals surface area contributed by atoms with E-state index in [2.05, 4.69) is 15.1 Å². The molecular formula is C20H23ClFN3O. The SMILES string of the molecule is C[C@H](C(=O)Nc1ccccc1F)N1CCN(Cc2ccc(Cl)cc2)CC1. The van der Waals surface area contributed by atoms with Gasteiger partial charge in [0.05, 0.1) is 11.7 Å². The zero-order valence-corrected chi connectivity index (χ0v) is 15.5. The quantitative estimate of drug-likeness (QED) is 0.866. The first-order valence-corrected chi connectivity index (χ1v) is 9.17. The van der Waals surface area contributed by atoms with Crippen LogP contribution in [-0.4, -0.2) is 47.9 Å². The van der Waals surface area contributed by atoms with Crippen LogP contribution in [0, 0.1) is 5.82 Å². The number of nitrogens with zero attached hydrogens (tertiary/aromatic N) is 2. The largest absolute Gasteiger partial charge is 0.322 e. The number of anilines is 1. The van der Waals surface area contributed by atoms with Crippen molar-refractivity contribution in [3.8, 4) is 0 Å². The highest BCUT2D eigenvalue weighted by Gasteiger charge is 2.26. The van der Waals surface area contributed by atoms with E-state index in [1.165, 1.54) is 11.6 Å². The number of benzene rings is 2. The van der Waals surface area contributed by atoms with Crippen molar-refractivity contribution in [3.63, 3.8) is 0 Å². The molecular weight excluding hydrogens is 353 g/mol. The van der Waals surface area contributed by atoms with E-state index in [1.54, 1.807) is 18.2 Å². The Kier molecular flexibility index (Phi) is 6.25. The minimum absolute atomic E-state index is 0.179. The molecule has 0 bridgehead atoms. The van der Waals surface area contributed by atoms with Crippen molar-refractivity contribution in [2.45, 2.75) is 19.5 Å². The summed E-state index contributed by atoms with van der Waals surface area (Å²) in [6.07, 6.45) is 0. The average molecular weight is 376 g/mol. The van der Waals surface area contributed by atoms with Crippen molar-refractivity contribution in [3.05, 3.63) is 64.9 Å². The van der Waals surface area contributed by atoms with Crippen LogP contribution in [0.3, 0.4) is 0 Å². The van der Waals surface area contributed by atoms with Gasteiger partial charge in [0, 0.05) is 37.7 Å². The third-order valence-electron chi connectivity index (χ3n) is 4.79. The molecule has 1 aliphatic rings. The van der Waals surface area contributed by atoms with Gasteiger partial charge in [0.1, 0.15) is 5.82 Å². The van der Waals surface area contributed by atoms with E-state index in [1.807, 2.05) is 31.2 Å². The molecule has 3 rings (SSSR count). The molecule has 1 aliphatic heterocycles. The number of rotatable bonds is 5. The van der Waals surface area contributed by atoms with Gasteiger partial charge in [0.15, 0.2) is 0 Å². The number of hydrogen-bond acceptors (Lipinski definition) is 3. The number of para-hydroxylation sites is 1. The number of carbonyl (C=O) groups excluding carboxylic acids is 1. The Hall–Kier alpha value is -1.95. The van der Waals surface area contributed by atoms with Crippen LogP contribution < -0.4 is 5.32 Å². The van der Waals surface area contributed by atoms with E-state index in [9.17, 15) is 9.18 Å². The third kappa shape index (κ3) is 4.81. The van der Waals surface area contributed by atoms with Gasteiger partial charge in [-0.2, -0.15) is 0 Å². The highest BCUT2D eigenvalue weighted by Crippen LogP contribution is 2.16. The van der Waals surface area contributed by atoms with E-state index >= 15 is 0 Å². The topological polar surface area (TPSA) is 35.6 Å². The number of amides is 1. The van der Waals surface area contributed by atoms with Gasteiger partial charge in [-0.15, -0.1) is 0 Å². The van der Waals surface area contributed by atoms with Crippen molar-refractivity contribution in [1.29, 1.82) is 0 Å². The van der Waals surface area contributed by atoms with Crippen molar-refractivity contribution in [2.75, 3.05) is 31.5 Å². The maximum Gasteiger partial charge on any atom is 0.241 e. The molecule has 1 atom stereocenters. The molecule has 0 saturated carbocycles. The molecule has 1 amide bonds. The zero-order valence-electron chi connectivity index (χ0n) is 14.8. The molecule has 138 valence electrons. The monoisotopic (exact) mass is 375 g/mol. The molecule has 4 nitrogen and oxygen atoms in total. The molecule has 0 spiro atoms. The van der Waals surface area contributed by atoms with E-state index in [0.29, 0.717) is 0 Å². The minimum atomic E-state index is -0.416. The van der Waals surface area contributed by atoms with Gasteiger partial charge in [-0.05, 0) is 36.8 Å². The number of halogens is 2. The number of carbonyl (C=O) groups is 1. The Morgan fingerprint density at radius 3 is 2.42 bits per heavy atom.